The van der Waals surface area contributed by atoms with Crippen molar-refractivity contribution in [2.45, 2.75) is 25.7 Å². The predicted octanol–water partition coefficient (Wildman–Crippen LogP) is 0.625. The molecule has 92 valence electrons. The van der Waals surface area contributed by atoms with Crippen molar-refractivity contribution in [1.82, 2.24) is 10.2 Å². The largest absolute Gasteiger partial charge is 0.381 e. The summed E-state index contributed by atoms with van der Waals surface area (Å²) >= 11 is 0. The molecule has 1 unspecified atom stereocenters. The first-order valence-corrected chi connectivity index (χ1v) is 6.42. The van der Waals surface area contributed by atoms with Crippen LogP contribution in [0.2, 0.25) is 0 Å². The van der Waals surface area contributed by atoms with Crippen molar-refractivity contribution in [3.05, 3.63) is 0 Å². The minimum atomic E-state index is 0.263. The topological polar surface area (TPSA) is 41.6 Å². The Kier molecular flexibility index (Phi) is 4.60. The first-order chi connectivity index (χ1) is 7.86. The van der Waals surface area contributed by atoms with Gasteiger partial charge in [-0.25, -0.2) is 0 Å². The van der Waals surface area contributed by atoms with E-state index in [1.54, 1.807) is 0 Å². The third-order valence-electron chi connectivity index (χ3n) is 3.44. The first-order valence-electron chi connectivity index (χ1n) is 6.42. The Bertz CT molecular complexity index is 221. The van der Waals surface area contributed by atoms with Crippen LogP contribution < -0.4 is 5.32 Å². The summed E-state index contributed by atoms with van der Waals surface area (Å²) in [5, 5.41) is 3.25. The maximum absolute atomic E-state index is 11.8. The molecule has 0 saturated carbocycles. The van der Waals surface area contributed by atoms with Crippen LogP contribution in [0.15, 0.2) is 0 Å². The van der Waals surface area contributed by atoms with Crippen molar-refractivity contribution in [2.75, 3.05) is 39.4 Å². The van der Waals surface area contributed by atoms with Crippen LogP contribution in [-0.2, 0) is 9.53 Å². The van der Waals surface area contributed by atoms with Gasteiger partial charge in [-0.2, -0.15) is 0 Å². The SMILES string of the molecule is O=C(CNCC1CCOC1)N1CCCCC1. The monoisotopic (exact) mass is 226 g/mol. The van der Waals surface area contributed by atoms with Crippen LogP contribution in [0.3, 0.4) is 0 Å². The van der Waals surface area contributed by atoms with Gasteiger partial charge in [-0.05, 0) is 31.6 Å². The molecule has 1 atom stereocenters. The molecule has 4 heteroatoms. The lowest BCUT2D eigenvalue weighted by Crippen LogP contribution is -2.42. The highest BCUT2D eigenvalue weighted by Gasteiger charge is 2.18. The van der Waals surface area contributed by atoms with Crippen LogP contribution in [-0.4, -0.2) is 50.2 Å². The molecule has 2 saturated heterocycles. The maximum atomic E-state index is 11.8. The van der Waals surface area contributed by atoms with E-state index in [9.17, 15) is 4.79 Å². The highest BCUT2D eigenvalue weighted by molar-refractivity contribution is 5.78. The van der Waals surface area contributed by atoms with Crippen LogP contribution in [0, 0.1) is 5.92 Å². The van der Waals surface area contributed by atoms with Gasteiger partial charge in [0.15, 0.2) is 0 Å². The number of carbonyl (C=O) groups excluding carboxylic acids is 1. The molecular formula is C12H22N2O2. The molecule has 0 spiro atoms. The number of hydrogen-bond donors (Lipinski definition) is 1. The molecule has 0 aromatic carbocycles. The number of ether oxygens (including phenoxy) is 1. The molecule has 2 fully saturated rings. The second-order valence-corrected chi connectivity index (χ2v) is 4.80. The van der Waals surface area contributed by atoms with E-state index in [0.717, 1.165) is 39.3 Å². The highest BCUT2D eigenvalue weighted by Crippen LogP contribution is 2.11. The average molecular weight is 226 g/mol. The summed E-state index contributed by atoms with van der Waals surface area (Å²) in [6.07, 6.45) is 4.74. The third-order valence-corrected chi connectivity index (χ3v) is 3.44. The molecule has 1 N–H and O–H groups in total. The second-order valence-electron chi connectivity index (χ2n) is 4.80. The Morgan fingerprint density at radius 3 is 2.81 bits per heavy atom. The van der Waals surface area contributed by atoms with Crippen LogP contribution in [0.4, 0.5) is 0 Å². The zero-order valence-corrected chi connectivity index (χ0v) is 9.91. The molecule has 2 rings (SSSR count). The second kappa shape index (κ2) is 6.21. The van der Waals surface area contributed by atoms with Crippen molar-refractivity contribution in [3.8, 4) is 0 Å². The molecule has 4 nitrogen and oxygen atoms in total. The lowest BCUT2D eigenvalue weighted by Gasteiger charge is -2.27. The standard InChI is InChI=1S/C12H22N2O2/c15-12(14-5-2-1-3-6-14)9-13-8-11-4-7-16-10-11/h11,13H,1-10H2. The summed E-state index contributed by atoms with van der Waals surface area (Å²) in [5.74, 6) is 0.868. The number of likely N-dealkylation sites (tertiary alicyclic amines) is 1. The van der Waals surface area contributed by atoms with Gasteiger partial charge in [0.05, 0.1) is 13.2 Å². The Hall–Kier alpha value is -0.610. The van der Waals surface area contributed by atoms with Gasteiger partial charge in [0, 0.05) is 26.2 Å². The summed E-state index contributed by atoms with van der Waals surface area (Å²) in [6.45, 7) is 5.05. The zero-order chi connectivity index (χ0) is 11.2. The van der Waals surface area contributed by atoms with Gasteiger partial charge in [-0.1, -0.05) is 0 Å². The van der Waals surface area contributed by atoms with Crippen molar-refractivity contribution >= 4 is 5.91 Å². The van der Waals surface area contributed by atoms with Gasteiger partial charge < -0.3 is 15.0 Å². The number of piperidine rings is 1. The zero-order valence-electron chi connectivity index (χ0n) is 9.91. The number of nitrogens with one attached hydrogen (secondary N) is 1. The highest BCUT2D eigenvalue weighted by atomic mass is 16.5. The average Bonchev–Trinajstić information content (AvgIpc) is 2.83. The Balaban J connectivity index is 1.59. The lowest BCUT2D eigenvalue weighted by atomic mass is 10.1. The fourth-order valence-corrected chi connectivity index (χ4v) is 2.38. The molecule has 0 radical (unpaired) electrons. The molecular weight excluding hydrogens is 204 g/mol. The Morgan fingerprint density at radius 1 is 1.31 bits per heavy atom. The molecule has 0 aromatic rings. The van der Waals surface area contributed by atoms with E-state index in [2.05, 4.69) is 5.32 Å². The fraction of sp³-hybridized carbons (Fsp3) is 0.917. The van der Waals surface area contributed by atoms with Crippen molar-refractivity contribution < 1.29 is 9.53 Å². The van der Waals surface area contributed by atoms with Crippen molar-refractivity contribution in [2.24, 2.45) is 5.92 Å². The molecule has 2 heterocycles. The van der Waals surface area contributed by atoms with E-state index < -0.39 is 0 Å². The summed E-state index contributed by atoms with van der Waals surface area (Å²) in [5.41, 5.74) is 0. The molecule has 16 heavy (non-hydrogen) atoms. The minimum Gasteiger partial charge on any atom is -0.381 e. The molecule has 2 aliphatic heterocycles. The van der Waals surface area contributed by atoms with E-state index in [-0.39, 0.29) is 5.91 Å². The number of hydrogen-bond acceptors (Lipinski definition) is 3. The smallest absolute Gasteiger partial charge is 0.236 e. The first kappa shape index (κ1) is 11.9. The third kappa shape index (κ3) is 3.46. The minimum absolute atomic E-state index is 0.263. The van der Waals surface area contributed by atoms with Gasteiger partial charge in [0.2, 0.25) is 5.91 Å². The quantitative estimate of drug-likeness (QED) is 0.764. The summed E-state index contributed by atoms with van der Waals surface area (Å²) in [4.78, 5) is 13.8. The maximum Gasteiger partial charge on any atom is 0.236 e. The van der Waals surface area contributed by atoms with Gasteiger partial charge in [0.1, 0.15) is 0 Å². The summed E-state index contributed by atoms with van der Waals surface area (Å²) in [7, 11) is 0. The van der Waals surface area contributed by atoms with Gasteiger partial charge in [-0.3, -0.25) is 4.79 Å². The number of amides is 1. The Morgan fingerprint density at radius 2 is 2.12 bits per heavy atom. The van der Waals surface area contributed by atoms with E-state index in [4.69, 9.17) is 4.74 Å². The number of carbonyl (C=O) groups is 1. The Labute approximate surface area is 97.3 Å². The number of rotatable bonds is 4. The molecule has 0 aliphatic carbocycles. The van der Waals surface area contributed by atoms with Crippen molar-refractivity contribution in [1.29, 1.82) is 0 Å². The lowest BCUT2D eigenvalue weighted by molar-refractivity contribution is -0.131. The summed E-state index contributed by atoms with van der Waals surface area (Å²) in [6, 6.07) is 0. The van der Waals surface area contributed by atoms with E-state index in [0.29, 0.717) is 12.5 Å². The molecule has 2 aliphatic rings. The van der Waals surface area contributed by atoms with E-state index in [1.165, 1.54) is 19.3 Å². The normalized spacial score (nSPS) is 26.0. The molecule has 0 bridgehead atoms. The van der Waals surface area contributed by atoms with Crippen LogP contribution in [0.1, 0.15) is 25.7 Å². The van der Waals surface area contributed by atoms with Crippen molar-refractivity contribution in [3.63, 3.8) is 0 Å². The molecule has 1 amide bonds. The van der Waals surface area contributed by atoms with Crippen LogP contribution in [0.25, 0.3) is 0 Å². The molecule has 0 aromatic heterocycles. The predicted molar refractivity (Wildman–Crippen MR) is 62.2 cm³/mol. The van der Waals surface area contributed by atoms with Crippen LogP contribution >= 0.6 is 0 Å². The van der Waals surface area contributed by atoms with E-state index in [1.807, 2.05) is 4.90 Å². The van der Waals surface area contributed by atoms with Crippen LogP contribution in [0.5, 0.6) is 0 Å². The fourth-order valence-electron chi connectivity index (χ4n) is 2.38. The van der Waals surface area contributed by atoms with E-state index >= 15 is 0 Å². The number of nitrogens with zero attached hydrogens (tertiary/aromatic N) is 1. The van der Waals surface area contributed by atoms with Gasteiger partial charge in [-0.15, -0.1) is 0 Å². The van der Waals surface area contributed by atoms with Gasteiger partial charge >= 0.3 is 0 Å². The van der Waals surface area contributed by atoms with Gasteiger partial charge in [0.25, 0.3) is 0 Å². The summed E-state index contributed by atoms with van der Waals surface area (Å²) < 4.78 is 5.30.